The Morgan fingerprint density at radius 3 is 2.71 bits per heavy atom. The van der Waals surface area contributed by atoms with Crippen LogP contribution in [-0.2, 0) is 11.0 Å². The minimum absolute atomic E-state index is 0.150. The Morgan fingerprint density at radius 2 is 2.29 bits per heavy atom. The quantitative estimate of drug-likeness (QED) is 0.602. The Kier molecular flexibility index (Phi) is 4.25. The van der Waals surface area contributed by atoms with Gasteiger partial charge in [-0.3, -0.25) is 0 Å². The smallest absolute Gasteiger partial charge is 0.248 e. The van der Waals surface area contributed by atoms with Crippen LogP contribution in [0.2, 0.25) is 0 Å². The number of aromatic nitrogens is 2. The van der Waals surface area contributed by atoms with Crippen molar-refractivity contribution in [3.05, 3.63) is 15.9 Å². The minimum Gasteiger partial charge on any atom is -0.248 e. The summed E-state index contributed by atoms with van der Waals surface area (Å²) in [5, 5.41) is 12.6. The molecule has 0 fully saturated rings. The second-order valence-electron chi connectivity index (χ2n) is 2.43. The van der Waals surface area contributed by atoms with Gasteiger partial charge >= 0.3 is 0 Å². The molecule has 14 heavy (non-hydrogen) atoms. The molecule has 0 aromatic carbocycles. The monoisotopic (exact) mass is 375 g/mol. The average molecular weight is 376 g/mol. The van der Waals surface area contributed by atoms with E-state index in [1.165, 1.54) is 0 Å². The number of nitrogens with zero attached hydrogens (tertiary/aromatic N) is 3. The van der Waals surface area contributed by atoms with Crippen LogP contribution in [0.1, 0.15) is 11.4 Å². The summed E-state index contributed by atoms with van der Waals surface area (Å²) in [7, 11) is 0. The molecular weight excluding hydrogens is 371 g/mol. The summed E-state index contributed by atoms with van der Waals surface area (Å²) < 4.78 is 26.3. The lowest BCUT2D eigenvalue weighted by Crippen LogP contribution is -2.10. The number of hydrogen-bond acceptors (Lipinski definition) is 2. The summed E-state index contributed by atoms with van der Waals surface area (Å²) in [6.45, 7) is -0.544. The highest BCUT2D eigenvalue weighted by Gasteiger charge is 2.16. The third kappa shape index (κ3) is 2.42. The van der Waals surface area contributed by atoms with Crippen LogP contribution in [0.5, 0.6) is 0 Å². The van der Waals surface area contributed by atoms with E-state index in [9.17, 15) is 8.78 Å². The van der Waals surface area contributed by atoms with Crippen molar-refractivity contribution in [2.75, 3.05) is 0 Å². The van der Waals surface area contributed by atoms with Crippen LogP contribution in [0.25, 0.3) is 0 Å². The number of halogens is 4. The van der Waals surface area contributed by atoms with Crippen molar-refractivity contribution in [1.82, 2.24) is 9.78 Å². The number of rotatable bonds is 3. The molecule has 1 heterocycles. The van der Waals surface area contributed by atoms with Gasteiger partial charge in [0.25, 0.3) is 6.43 Å². The second-order valence-corrected chi connectivity index (χ2v) is 3.98. The lowest BCUT2D eigenvalue weighted by molar-refractivity contribution is 0.121. The molecule has 0 spiro atoms. The lowest BCUT2D eigenvalue weighted by atomic mass is 10.4. The molecule has 3 nitrogen and oxygen atoms in total. The van der Waals surface area contributed by atoms with Crippen LogP contribution >= 0.6 is 38.5 Å². The van der Waals surface area contributed by atoms with Crippen molar-refractivity contribution in [1.29, 1.82) is 5.26 Å². The van der Waals surface area contributed by atoms with Crippen LogP contribution in [0.15, 0.2) is 4.47 Å². The summed E-state index contributed by atoms with van der Waals surface area (Å²) in [5.74, 6) is 0. The summed E-state index contributed by atoms with van der Waals surface area (Å²) in [6, 6.07) is 1.84. The Bertz CT molecular complexity index is 372. The third-order valence-corrected chi connectivity index (χ3v) is 3.06. The van der Waals surface area contributed by atoms with Gasteiger partial charge in [-0.2, -0.15) is 10.4 Å². The first-order chi connectivity index (χ1) is 6.60. The van der Waals surface area contributed by atoms with Gasteiger partial charge in [-0.15, -0.1) is 0 Å². The van der Waals surface area contributed by atoms with Crippen molar-refractivity contribution < 1.29 is 8.78 Å². The normalized spacial score (nSPS) is 10.6. The summed E-state index contributed by atoms with van der Waals surface area (Å²) in [4.78, 5) is 0. The molecule has 76 valence electrons. The van der Waals surface area contributed by atoms with Crippen LogP contribution in [0.3, 0.4) is 0 Å². The van der Waals surface area contributed by atoms with Gasteiger partial charge in [0.05, 0.1) is 10.2 Å². The SMILES string of the molecule is N#Cc1c(Br)c(CI)nn1CC(F)F. The number of hydrogen-bond donors (Lipinski definition) is 0. The van der Waals surface area contributed by atoms with E-state index in [1.807, 2.05) is 6.07 Å². The average Bonchev–Trinajstić information content (AvgIpc) is 2.41. The Balaban J connectivity index is 3.11. The molecule has 0 bridgehead atoms. The highest BCUT2D eigenvalue weighted by atomic mass is 127. The molecule has 0 saturated carbocycles. The van der Waals surface area contributed by atoms with Crippen molar-refractivity contribution in [3.63, 3.8) is 0 Å². The molecule has 1 aromatic rings. The van der Waals surface area contributed by atoms with Crippen LogP contribution < -0.4 is 0 Å². The van der Waals surface area contributed by atoms with Crippen LogP contribution in [0, 0.1) is 11.3 Å². The van der Waals surface area contributed by atoms with Gasteiger partial charge in [-0.05, 0) is 15.9 Å². The molecule has 0 N–H and O–H groups in total. The fourth-order valence-corrected chi connectivity index (χ4v) is 2.52. The predicted octanol–water partition coefficient (Wildman–Crippen LogP) is 2.72. The van der Waals surface area contributed by atoms with Gasteiger partial charge in [0.15, 0.2) is 5.69 Å². The van der Waals surface area contributed by atoms with Gasteiger partial charge in [-0.25, -0.2) is 13.5 Å². The number of alkyl halides is 3. The maximum Gasteiger partial charge on any atom is 0.257 e. The summed E-state index contributed by atoms with van der Waals surface area (Å²) in [6.07, 6.45) is -2.50. The maximum absolute atomic E-state index is 12.1. The molecule has 1 aromatic heterocycles. The molecule has 0 amide bonds. The molecule has 0 radical (unpaired) electrons. The number of nitriles is 1. The van der Waals surface area contributed by atoms with Crippen molar-refractivity contribution >= 4 is 38.5 Å². The van der Waals surface area contributed by atoms with Gasteiger partial charge in [0, 0.05) is 4.43 Å². The molecular formula is C7H5BrF2IN3. The fourth-order valence-electron chi connectivity index (χ4n) is 0.945. The molecule has 7 heteroatoms. The van der Waals surface area contributed by atoms with Gasteiger partial charge in [-0.1, -0.05) is 22.6 Å². The van der Waals surface area contributed by atoms with Crippen LogP contribution in [-0.4, -0.2) is 16.2 Å². The largest absolute Gasteiger partial charge is 0.257 e. The van der Waals surface area contributed by atoms with Crippen molar-refractivity contribution in [2.45, 2.75) is 17.4 Å². The highest BCUT2D eigenvalue weighted by molar-refractivity contribution is 14.1. The van der Waals surface area contributed by atoms with E-state index in [1.54, 1.807) is 0 Å². The Morgan fingerprint density at radius 1 is 1.64 bits per heavy atom. The zero-order valence-corrected chi connectivity index (χ0v) is 10.6. The zero-order chi connectivity index (χ0) is 10.7. The highest BCUT2D eigenvalue weighted by Crippen LogP contribution is 2.23. The molecule has 0 aliphatic rings. The summed E-state index contributed by atoms with van der Waals surface area (Å²) >= 11 is 5.21. The van der Waals surface area contributed by atoms with Gasteiger partial charge in [0.2, 0.25) is 0 Å². The predicted molar refractivity (Wildman–Crippen MR) is 58.4 cm³/mol. The minimum atomic E-state index is -2.50. The van der Waals surface area contributed by atoms with E-state index >= 15 is 0 Å². The first-order valence-electron chi connectivity index (χ1n) is 3.59. The first-order valence-corrected chi connectivity index (χ1v) is 5.91. The topological polar surface area (TPSA) is 41.6 Å². The third-order valence-electron chi connectivity index (χ3n) is 1.50. The summed E-state index contributed by atoms with van der Waals surface area (Å²) in [5.41, 5.74) is 0.764. The lowest BCUT2D eigenvalue weighted by Gasteiger charge is -2.00. The Labute approximate surface area is 101 Å². The van der Waals surface area contributed by atoms with E-state index in [0.29, 0.717) is 14.6 Å². The molecule has 0 unspecified atom stereocenters. The fraction of sp³-hybridized carbons (Fsp3) is 0.429. The zero-order valence-electron chi connectivity index (χ0n) is 6.85. The van der Waals surface area contributed by atoms with Gasteiger partial charge in [0.1, 0.15) is 12.6 Å². The molecule has 0 aliphatic heterocycles. The van der Waals surface area contributed by atoms with Gasteiger partial charge < -0.3 is 0 Å². The second kappa shape index (κ2) is 5.02. The molecule has 0 atom stereocenters. The molecule has 0 aliphatic carbocycles. The Hall–Kier alpha value is -0.230. The van der Waals surface area contributed by atoms with E-state index in [0.717, 1.165) is 4.68 Å². The van der Waals surface area contributed by atoms with E-state index in [2.05, 4.69) is 43.6 Å². The van der Waals surface area contributed by atoms with Crippen molar-refractivity contribution in [2.24, 2.45) is 0 Å². The van der Waals surface area contributed by atoms with E-state index in [4.69, 9.17) is 5.26 Å². The molecule has 1 rings (SSSR count). The van der Waals surface area contributed by atoms with Crippen molar-refractivity contribution in [3.8, 4) is 6.07 Å². The first kappa shape index (κ1) is 11.8. The maximum atomic E-state index is 12.1. The standard InChI is InChI=1S/C7H5BrF2IN3/c8-7-4(1-11)13-14(3-6(9)10)5(7)2-12/h6H,1,3H2. The molecule has 0 saturated heterocycles. The van der Waals surface area contributed by atoms with Crippen LogP contribution in [0.4, 0.5) is 8.78 Å². The van der Waals surface area contributed by atoms with E-state index in [-0.39, 0.29) is 5.69 Å². The van der Waals surface area contributed by atoms with E-state index < -0.39 is 13.0 Å².